The fourth-order valence-electron chi connectivity index (χ4n) is 4.32. The second kappa shape index (κ2) is 7.66. The Labute approximate surface area is 155 Å². The summed E-state index contributed by atoms with van der Waals surface area (Å²) in [5, 5.41) is 15.2. The van der Waals surface area contributed by atoms with Crippen LogP contribution in [0.4, 0.5) is 4.79 Å². The first-order chi connectivity index (χ1) is 12.4. The molecule has 0 aromatic heterocycles. The molecular formula is C20H29N3O3. The van der Waals surface area contributed by atoms with Gasteiger partial charge < -0.3 is 15.7 Å². The van der Waals surface area contributed by atoms with Crippen molar-refractivity contribution in [2.75, 3.05) is 13.1 Å². The predicted molar refractivity (Wildman–Crippen MR) is 100 cm³/mol. The van der Waals surface area contributed by atoms with Crippen LogP contribution in [0, 0.1) is 0 Å². The number of hydrogen-bond acceptors (Lipinski definition) is 3. The number of carbonyl (C=O) groups is 2. The third kappa shape index (κ3) is 4.01. The van der Waals surface area contributed by atoms with Crippen LogP contribution in [0.25, 0.3) is 0 Å². The Morgan fingerprint density at radius 1 is 1.31 bits per heavy atom. The number of aliphatic carboxylic acids is 1. The maximum Gasteiger partial charge on any atom is 0.317 e. The van der Waals surface area contributed by atoms with Gasteiger partial charge in [-0.25, -0.2) is 4.79 Å². The third-order valence-corrected chi connectivity index (χ3v) is 5.83. The second-order valence-electron chi connectivity index (χ2n) is 7.72. The number of likely N-dealkylation sites (N-methyl/N-ethyl adjacent to an activating group) is 1. The van der Waals surface area contributed by atoms with E-state index < -0.39 is 5.97 Å². The molecule has 6 nitrogen and oxygen atoms in total. The van der Waals surface area contributed by atoms with Crippen LogP contribution in [0.5, 0.6) is 0 Å². The molecule has 2 aliphatic rings. The van der Waals surface area contributed by atoms with E-state index in [1.807, 2.05) is 17.9 Å². The lowest BCUT2D eigenvalue weighted by Crippen LogP contribution is -2.58. The number of urea groups is 1. The van der Waals surface area contributed by atoms with E-state index in [1.54, 1.807) is 0 Å². The fourth-order valence-corrected chi connectivity index (χ4v) is 4.32. The minimum atomic E-state index is -0.801. The quantitative estimate of drug-likeness (QED) is 0.729. The van der Waals surface area contributed by atoms with Gasteiger partial charge in [-0.3, -0.25) is 9.69 Å². The Morgan fingerprint density at radius 3 is 2.73 bits per heavy atom. The van der Waals surface area contributed by atoms with E-state index in [4.69, 9.17) is 5.11 Å². The molecular weight excluding hydrogens is 330 g/mol. The van der Waals surface area contributed by atoms with Gasteiger partial charge in [0.05, 0.1) is 12.1 Å². The molecule has 1 unspecified atom stereocenters. The number of carboxylic acids is 1. The van der Waals surface area contributed by atoms with Crippen molar-refractivity contribution in [1.29, 1.82) is 0 Å². The van der Waals surface area contributed by atoms with Crippen molar-refractivity contribution in [3.05, 3.63) is 35.4 Å². The molecule has 0 spiro atoms. The number of aryl methyl sites for hydroxylation is 1. The molecule has 3 N–H and O–H groups in total. The molecule has 2 amide bonds. The van der Waals surface area contributed by atoms with Crippen LogP contribution in [0.3, 0.4) is 0 Å². The normalized spacial score (nSPS) is 27.3. The molecule has 0 heterocycles. The van der Waals surface area contributed by atoms with Crippen molar-refractivity contribution in [2.45, 2.75) is 63.6 Å². The Bertz CT molecular complexity index is 672. The molecule has 0 bridgehead atoms. The number of fused-ring (bicyclic) bond motifs is 1. The van der Waals surface area contributed by atoms with Crippen LogP contribution < -0.4 is 10.6 Å². The van der Waals surface area contributed by atoms with Crippen LogP contribution in [-0.2, 0) is 16.8 Å². The van der Waals surface area contributed by atoms with Gasteiger partial charge in [0.2, 0.25) is 0 Å². The molecule has 2 aliphatic carbocycles. The van der Waals surface area contributed by atoms with Crippen molar-refractivity contribution < 1.29 is 14.7 Å². The fraction of sp³-hybridized carbons (Fsp3) is 0.600. The topological polar surface area (TPSA) is 81.7 Å². The highest BCUT2D eigenvalue weighted by Crippen LogP contribution is 2.35. The molecule has 1 fully saturated rings. The van der Waals surface area contributed by atoms with Crippen LogP contribution in [-0.4, -0.2) is 47.2 Å². The zero-order valence-corrected chi connectivity index (χ0v) is 15.6. The summed E-state index contributed by atoms with van der Waals surface area (Å²) in [5.74, 6) is -0.801. The molecule has 26 heavy (non-hydrogen) atoms. The van der Waals surface area contributed by atoms with E-state index in [1.165, 1.54) is 11.1 Å². The second-order valence-corrected chi connectivity index (χ2v) is 7.72. The molecule has 1 saturated carbocycles. The zero-order valence-electron chi connectivity index (χ0n) is 15.6. The van der Waals surface area contributed by atoms with Gasteiger partial charge in [-0.15, -0.1) is 0 Å². The van der Waals surface area contributed by atoms with Crippen LogP contribution in [0.1, 0.15) is 50.7 Å². The number of nitrogens with one attached hydrogen (secondary N) is 2. The number of carboxylic acid groups (broad SMARTS) is 1. The lowest BCUT2D eigenvalue weighted by atomic mass is 9.78. The smallest absolute Gasteiger partial charge is 0.317 e. The number of benzene rings is 1. The van der Waals surface area contributed by atoms with E-state index >= 15 is 0 Å². The first-order valence-electron chi connectivity index (χ1n) is 9.54. The standard InChI is InChI=1S/C20H29N3O3/c1-3-23(13-18(24)25)16-11-15(12-16)21-19(26)22-20(2)10-6-8-14-7-4-5-9-17(14)20/h4-5,7,9,15-16H,3,6,8,10-13H2,1-2H3,(H,24,25)(H2,21,22,26). The highest BCUT2D eigenvalue weighted by Gasteiger charge is 2.37. The molecule has 6 heteroatoms. The maximum atomic E-state index is 12.5. The molecule has 142 valence electrons. The minimum Gasteiger partial charge on any atom is -0.480 e. The number of carbonyl (C=O) groups excluding carboxylic acids is 1. The van der Waals surface area contributed by atoms with Crippen molar-refractivity contribution >= 4 is 12.0 Å². The van der Waals surface area contributed by atoms with Gasteiger partial charge in [0.1, 0.15) is 0 Å². The van der Waals surface area contributed by atoms with Crippen LogP contribution in [0.2, 0.25) is 0 Å². The van der Waals surface area contributed by atoms with Crippen LogP contribution in [0.15, 0.2) is 24.3 Å². The molecule has 0 aliphatic heterocycles. The largest absolute Gasteiger partial charge is 0.480 e. The van der Waals surface area contributed by atoms with Gasteiger partial charge in [-0.1, -0.05) is 31.2 Å². The number of amides is 2. The summed E-state index contributed by atoms with van der Waals surface area (Å²) in [6.07, 6.45) is 4.69. The third-order valence-electron chi connectivity index (χ3n) is 5.83. The monoisotopic (exact) mass is 359 g/mol. The van der Waals surface area contributed by atoms with Gasteiger partial charge in [0.15, 0.2) is 0 Å². The summed E-state index contributed by atoms with van der Waals surface area (Å²) in [6.45, 7) is 4.84. The first kappa shape index (κ1) is 18.7. The Hall–Kier alpha value is -2.08. The first-order valence-corrected chi connectivity index (χ1v) is 9.54. The number of nitrogens with zero attached hydrogens (tertiary/aromatic N) is 1. The summed E-state index contributed by atoms with van der Waals surface area (Å²) in [7, 11) is 0. The van der Waals surface area contributed by atoms with E-state index in [2.05, 4.69) is 35.8 Å². The predicted octanol–water partition coefficient (Wildman–Crippen LogP) is 2.47. The molecule has 3 rings (SSSR count). The summed E-state index contributed by atoms with van der Waals surface area (Å²) < 4.78 is 0. The average molecular weight is 359 g/mol. The Kier molecular flexibility index (Phi) is 5.51. The minimum absolute atomic E-state index is 0.0644. The van der Waals surface area contributed by atoms with Gasteiger partial charge in [0, 0.05) is 12.1 Å². The zero-order chi connectivity index (χ0) is 18.7. The highest BCUT2D eigenvalue weighted by atomic mass is 16.4. The van der Waals surface area contributed by atoms with Crippen LogP contribution >= 0.6 is 0 Å². The summed E-state index contributed by atoms with van der Waals surface area (Å²) in [6, 6.07) is 8.56. The average Bonchev–Trinajstić information content (AvgIpc) is 2.56. The Morgan fingerprint density at radius 2 is 2.04 bits per heavy atom. The van der Waals surface area contributed by atoms with Crippen molar-refractivity contribution in [2.24, 2.45) is 0 Å². The molecule has 1 aromatic rings. The SMILES string of the molecule is CCN(CC(=O)O)C1CC(NC(=O)NC2(C)CCCc3ccccc32)C1. The molecule has 0 saturated heterocycles. The van der Waals surface area contributed by atoms with Crippen molar-refractivity contribution in [3.8, 4) is 0 Å². The van der Waals surface area contributed by atoms with E-state index in [9.17, 15) is 9.59 Å². The summed E-state index contributed by atoms with van der Waals surface area (Å²) >= 11 is 0. The van der Waals surface area contributed by atoms with Crippen molar-refractivity contribution in [1.82, 2.24) is 15.5 Å². The number of hydrogen-bond donors (Lipinski definition) is 3. The lowest BCUT2D eigenvalue weighted by molar-refractivity contribution is -0.139. The van der Waals surface area contributed by atoms with Gasteiger partial charge in [-0.2, -0.15) is 0 Å². The number of rotatable bonds is 6. The van der Waals surface area contributed by atoms with Gasteiger partial charge >= 0.3 is 12.0 Å². The summed E-state index contributed by atoms with van der Waals surface area (Å²) in [4.78, 5) is 25.4. The summed E-state index contributed by atoms with van der Waals surface area (Å²) in [5.41, 5.74) is 2.20. The van der Waals surface area contributed by atoms with E-state index in [-0.39, 0.29) is 30.2 Å². The molecule has 0 radical (unpaired) electrons. The van der Waals surface area contributed by atoms with Gasteiger partial charge in [-0.05, 0) is 56.7 Å². The van der Waals surface area contributed by atoms with Crippen molar-refractivity contribution in [3.63, 3.8) is 0 Å². The maximum absolute atomic E-state index is 12.5. The lowest BCUT2D eigenvalue weighted by Gasteiger charge is -2.43. The molecule has 1 aromatic carbocycles. The highest BCUT2D eigenvalue weighted by molar-refractivity contribution is 5.75. The molecule has 1 atom stereocenters. The Balaban J connectivity index is 1.52. The van der Waals surface area contributed by atoms with Gasteiger partial charge in [0.25, 0.3) is 0 Å². The van der Waals surface area contributed by atoms with E-state index in [0.717, 1.165) is 32.1 Å². The van der Waals surface area contributed by atoms with E-state index in [0.29, 0.717) is 6.54 Å².